The number of hydrogen-bond acceptors (Lipinski definition) is 4. The minimum absolute atomic E-state index is 0.0182. The van der Waals surface area contributed by atoms with Crippen LogP contribution in [0.2, 0.25) is 0 Å². The molecule has 1 fully saturated rings. The van der Waals surface area contributed by atoms with Gasteiger partial charge in [-0.3, -0.25) is 9.78 Å². The number of fused-ring (bicyclic) bond motifs is 2. The summed E-state index contributed by atoms with van der Waals surface area (Å²) in [5, 5.41) is 7.14. The first-order valence-corrected chi connectivity index (χ1v) is 12.4. The van der Waals surface area contributed by atoms with Crippen LogP contribution in [0.5, 0.6) is 0 Å². The lowest BCUT2D eigenvalue weighted by Gasteiger charge is -2.23. The van der Waals surface area contributed by atoms with E-state index in [4.69, 9.17) is 0 Å². The molecule has 3 aromatic heterocycles. The number of benzene rings is 2. The molecule has 8 heteroatoms. The van der Waals surface area contributed by atoms with Crippen LogP contribution in [0, 0.1) is 11.6 Å². The van der Waals surface area contributed by atoms with Crippen LogP contribution in [0.3, 0.4) is 0 Å². The lowest BCUT2D eigenvalue weighted by Crippen LogP contribution is -2.45. The van der Waals surface area contributed by atoms with Gasteiger partial charge in [-0.15, -0.1) is 0 Å². The Labute approximate surface area is 212 Å². The fourth-order valence-corrected chi connectivity index (χ4v) is 4.94. The maximum atomic E-state index is 15.0. The van der Waals surface area contributed by atoms with Gasteiger partial charge in [0.1, 0.15) is 5.82 Å². The van der Waals surface area contributed by atoms with Crippen molar-refractivity contribution in [2.24, 2.45) is 0 Å². The molecular formula is C29H25F2N5O. The predicted octanol–water partition coefficient (Wildman–Crippen LogP) is 4.90. The number of carbonyl (C=O) groups excluding carboxylic acids is 1. The third-order valence-corrected chi connectivity index (χ3v) is 6.87. The molecule has 0 radical (unpaired) electrons. The molecule has 1 saturated heterocycles. The van der Waals surface area contributed by atoms with Crippen molar-refractivity contribution >= 4 is 22.5 Å². The number of rotatable bonds is 5. The van der Waals surface area contributed by atoms with Gasteiger partial charge in [-0.25, -0.2) is 13.8 Å². The van der Waals surface area contributed by atoms with E-state index in [2.05, 4.69) is 26.7 Å². The highest BCUT2D eigenvalue weighted by Crippen LogP contribution is 2.26. The second kappa shape index (κ2) is 9.71. The Balaban J connectivity index is 1.29. The van der Waals surface area contributed by atoms with Crippen molar-refractivity contribution in [2.45, 2.75) is 25.3 Å². The summed E-state index contributed by atoms with van der Waals surface area (Å²) in [4.78, 5) is 21.2. The summed E-state index contributed by atoms with van der Waals surface area (Å²) in [5.74, 6) is -1.59. The molecule has 6 rings (SSSR count). The smallest absolute Gasteiger partial charge is 0.254 e. The fraction of sp³-hybridized carbons (Fsp3) is 0.207. The van der Waals surface area contributed by atoms with Crippen molar-refractivity contribution in [1.82, 2.24) is 25.0 Å². The first-order chi connectivity index (χ1) is 18.0. The number of pyridine rings is 2. The van der Waals surface area contributed by atoms with Gasteiger partial charge in [0.25, 0.3) is 5.91 Å². The Morgan fingerprint density at radius 3 is 2.78 bits per heavy atom. The molecule has 0 saturated carbocycles. The number of piperidine rings is 1. The first-order valence-electron chi connectivity index (χ1n) is 12.4. The number of aromatic nitrogens is 3. The molecule has 0 spiro atoms. The van der Waals surface area contributed by atoms with Crippen molar-refractivity contribution in [3.63, 3.8) is 0 Å². The Morgan fingerprint density at radius 1 is 1.05 bits per heavy atom. The molecule has 5 aromatic rings. The van der Waals surface area contributed by atoms with E-state index in [1.54, 1.807) is 29.1 Å². The van der Waals surface area contributed by atoms with Crippen LogP contribution in [0.15, 0.2) is 73.2 Å². The quantitative estimate of drug-likeness (QED) is 0.362. The summed E-state index contributed by atoms with van der Waals surface area (Å²) < 4.78 is 31.7. The average Bonchev–Trinajstić information content (AvgIpc) is 3.32. The van der Waals surface area contributed by atoms with Gasteiger partial charge >= 0.3 is 0 Å². The van der Waals surface area contributed by atoms with Crippen LogP contribution < -0.4 is 10.6 Å². The Morgan fingerprint density at radius 2 is 1.95 bits per heavy atom. The van der Waals surface area contributed by atoms with E-state index < -0.39 is 17.5 Å². The van der Waals surface area contributed by atoms with Crippen LogP contribution in [-0.4, -0.2) is 39.4 Å². The Bertz CT molecular complexity index is 1620. The van der Waals surface area contributed by atoms with E-state index in [-0.39, 0.29) is 17.3 Å². The van der Waals surface area contributed by atoms with Gasteiger partial charge in [-0.2, -0.15) is 0 Å². The molecular weight excluding hydrogens is 472 g/mol. The molecule has 37 heavy (non-hydrogen) atoms. The molecule has 6 nitrogen and oxygen atoms in total. The van der Waals surface area contributed by atoms with Crippen molar-refractivity contribution in [3.8, 4) is 11.1 Å². The standard InChI is InChI=1S/C29H25F2N5O/c30-25-13-19(6-7-24(25)29(37)35-22-4-2-9-32-15-22)21-14-26(31)28-34-16-23(36(28)17-21)12-18-5-8-27-20(11-18)3-1-10-33-27/h1,3,5-8,10-11,13-14,16-17,22,32H,2,4,9,12,15H2,(H,35,37). The van der Waals surface area contributed by atoms with E-state index in [0.717, 1.165) is 41.5 Å². The highest BCUT2D eigenvalue weighted by Gasteiger charge is 2.19. The van der Waals surface area contributed by atoms with E-state index in [1.165, 1.54) is 18.2 Å². The van der Waals surface area contributed by atoms with Crippen LogP contribution >= 0.6 is 0 Å². The molecule has 0 aliphatic carbocycles. The first kappa shape index (κ1) is 23.2. The topological polar surface area (TPSA) is 71.3 Å². The zero-order chi connectivity index (χ0) is 25.4. The predicted molar refractivity (Wildman–Crippen MR) is 138 cm³/mol. The largest absolute Gasteiger partial charge is 0.348 e. The van der Waals surface area contributed by atoms with E-state index in [0.29, 0.717) is 24.1 Å². The minimum atomic E-state index is -0.644. The molecule has 1 amide bonds. The number of halogens is 2. The summed E-state index contributed by atoms with van der Waals surface area (Å²) in [7, 11) is 0. The van der Waals surface area contributed by atoms with E-state index in [1.807, 2.05) is 24.3 Å². The van der Waals surface area contributed by atoms with E-state index >= 15 is 4.39 Å². The Kier molecular flexibility index (Phi) is 6.10. The summed E-state index contributed by atoms with van der Waals surface area (Å²) in [5.41, 5.74) is 3.91. The number of amides is 1. The molecule has 1 aliphatic heterocycles. The van der Waals surface area contributed by atoms with Gasteiger partial charge in [0.2, 0.25) is 0 Å². The van der Waals surface area contributed by atoms with Gasteiger partial charge in [-0.05, 0) is 66.9 Å². The third-order valence-electron chi connectivity index (χ3n) is 6.87. The van der Waals surface area contributed by atoms with Crippen molar-refractivity contribution < 1.29 is 13.6 Å². The number of imidazole rings is 1. The van der Waals surface area contributed by atoms with Crippen LogP contribution in [-0.2, 0) is 6.42 Å². The number of hydrogen-bond donors (Lipinski definition) is 2. The molecule has 2 aromatic carbocycles. The summed E-state index contributed by atoms with van der Waals surface area (Å²) in [6.45, 7) is 1.60. The molecule has 1 atom stereocenters. The number of carbonyl (C=O) groups is 1. The molecule has 186 valence electrons. The van der Waals surface area contributed by atoms with Gasteiger partial charge < -0.3 is 15.0 Å². The molecule has 4 heterocycles. The van der Waals surface area contributed by atoms with Gasteiger partial charge in [0, 0.05) is 54.2 Å². The lowest BCUT2D eigenvalue weighted by molar-refractivity contribution is 0.0926. The number of nitrogens with zero attached hydrogens (tertiary/aromatic N) is 3. The van der Waals surface area contributed by atoms with Crippen molar-refractivity contribution in [1.29, 1.82) is 0 Å². The van der Waals surface area contributed by atoms with Gasteiger partial charge in [0.15, 0.2) is 11.5 Å². The average molecular weight is 498 g/mol. The van der Waals surface area contributed by atoms with Crippen molar-refractivity contribution in [2.75, 3.05) is 13.1 Å². The third kappa shape index (κ3) is 4.68. The lowest BCUT2D eigenvalue weighted by atomic mass is 10.0. The Hall–Kier alpha value is -4.17. The second-order valence-electron chi connectivity index (χ2n) is 9.44. The normalized spacial score (nSPS) is 15.8. The fourth-order valence-electron chi connectivity index (χ4n) is 4.94. The maximum Gasteiger partial charge on any atom is 0.254 e. The van der Waals surface area contributed by atoms with Crippen molar-refractivity contribution in [3.05, 3.63) is 102 Å². The molecule has 1 aliphatic rings. The molecule has 1 unspecified atom stereocenters. The number of nitrogens with one attached hydrogen (secondary N) is 2. The molecule has 0 bridgehead atoms. The zero-order valence-electron chi connectivity index (χ0n) is 20.0. The summed E-state index contributed by atoms with van der Waals surface area (Å²) >= 11 is 0. The van der Waals surface area contributed by atoms with Crippen LogP contribution in [0.1, 0.15) is 34.5 Å². The van der Waals surface area contributed by atoms with Gasteiger partial charge in [-0.1, -0.05) is 18.2 Å². The monoisotopic (exact) mass is 497 g/mol. The summed E-state index contributed by atoms with van der Waals surface area (Å²) in [6, 6.07) is 15.6. The minimum Gasteiger partial charge on any atom is -0.348 e. The highest BCUT2D eigenvalue weighted by atomic mass is 19.1. The second-order valence-corrected chi connectivity index (χ2v) is 9.44. The SMILES string of the molecule is O=C(NC1CCCNC1)c1ccc(-c2cc(F)c3ncc(Cc4ccc5ncccc5c4)n3c2)cc1F. The van der Waals surface area contributed by atoms with E-state index in [9.17, 15) is 9.18 Å². The zero-order valence-corrected chi connectivity index (χ0v) is 20.0. The molecule has 2 N–H and O–H groups in total. The van der Waals surface area contributed by atoms with Crippen LogP contribution in [0.4, 0.5) is 8.78 Å². The maximum absolute atomic E-state index is 15.0. The highest BCUT2D eigenvalue weighted by molar-refractivity contribution is 5.95. The summed E-state index contributed by atoms with van der Waals surface area (Å²) in [6.07, 6.45) is 7.54. The van der Waals surface area contributed by atoms with Crippen LogP contribution in [0.25, 0.3) is 27.7 Å². The van der Waals surface area contributed by atoms with Gasteiger partial charge in [0.05, 0.1) is 11.1 Å².